The average Bonchev–Trinajstić information content (AvgIpc) is 3.45. The lowest BCUT2D eigenvalue weighted by molar-refractivity contribution is 0.0524. The van der Waals surface area contributed by atoms with E-state index in [-0.39, 0.29) is 0 Å². The van der Waals surface area contributed by atoms with Crippen LogP contribution in [0.15, 0.2) is 70.7 Å². The Bertz CT molecular complexity index is 1160. The van der Waals surface area contributed by atoms with Crippen molar-refractivity contribution >= 4 is 17.7 Å². The summed E-state index contributed by atoms with van der Waals surface area (Å²) in [4.78, 5) is 16.2. The van der Waals surface area contributed by atoms with Crippen molar-refractivity contribution in [2.45, 2.75) is 17.8 Å². The number of benzene rings is 1. The Kier molecular flexibility index (Phi) is 6.32. The van der Waals surface area contributed by atoms with Gasteiger partial charge in [0, 0.05) is 23.6 Å². The Morgan fingerprint density at radius 2 is 1.87 bits per heavy atom. The fraction of sp³-hybridized carbons (Fsp3) is 0.182. The standard InChI is InChI=1S/C22H20N4O4S/c1-3-29-21(27)18-10-13-30-19(18)14-31-22-25-24-20(15-8-11-23-12-9-15)26(22)16-4-6-17(28-2)7-5-16/h4-13H,3,14H2,1-2H3. The van der Waals surface area contributed by atoms with E-state index in [0.717, 1.165) is 17.0 Å². The van der Waals surface area contributed by atoms with Crippen LogP contribution in [0, 0.1) is 0 Å². The van der Waals surface area contributed by atoms with Gasteiger partial charge in [-0.05, 0) is 49.4 Å². The van der Waals surface area contributed by atoms with Crippen LogP contribution in [0.5, 0.6) is 5.75 Å². The van der Waals surface area contributed by atoms with Gasteiger partial charge in [-0.25, -0.2) is 4.79 Å². The fourth-order valence-electron chi connectivity index (χ4n) is 2.99. The molecule has 31 heavy (non-hydrogen) atoms. The van der Waals surface area contributed by atoms with Crippen molar-refractivity contribution in [2.24, 2.45) is 0 Å². The predicted octanol–water partition coefficient (Wildman–Crippen LogP) is 4.40. The monoisotopic (exact) mass is 436 g/mol. The first-order valence-electron chi connectivity index (χ1n) is 9.57. The van der Waals surface area contributed by atoms with Crippen molar-refractivity contribution in [2.75, 3.05) is 13.7 Å². The lowest BCUT2D eigenvalue weighted by Crippen LogP contribution is -2.06. The van der Waals surface area contributed by atoms with Gasteiger partial charge in [-0.15, -0.1) is 10.2 Å². The van der Waals surface area contributed by atoms with Crippen molar-refractivity contribution < 1.29 is 18.7 Å². The summed E-state index contributed by atoms with van der Waals surface area (Å²) in [5.74, 6) is 1.96. The summed E-state index contributed by atoms with van der Waals surface area (Å²) in [6.07, 6.45) is 4.91. The van der Waals surface area contributed by atoms with Crippen LogP contribution >= 0.6 is 11.8 Å². The molecule has 8 nitrogen and oxygen atoms in total. The third kappa shape index (κ3) is 4.46. The van der Waals surface area contributed by atoms with Gasteiger partial charge in [0.1, 0.15) is 17.1 Å². The number of esters is 1. The molecule has 1 aromatic carbocycles. The van der Waals surface area contributed by atoms with Crippen LogP contribution in [0.3, 0.4) is 0 Å². The molecule has 0 fully saturated rings. The molecule has 0 saturated carbocycles. The van der Waals surface area contributed by atoms with E-state index >= 15 is 0 Å². The minimum Gasteiger partial charge on any atom is -0.497 e. The van der Waals surface area contributed by atoms with Gasteiger partial charge in [-0.3, -0.25) is 9.55 Å². The van der Waals surface area contributed by atoms with E-state index in [1.54, 1.807) is 32.5 Å². The SMILES string of the molecule is CCOC(=O)c1ccoc1CSc1nnc(-c2ccncc2)n1-c1ccc(OC)cc1. The first-order chi connectivity index (χ1) is 15.2. The number of pyridine rings is 1. The van der Waals surface area contributed by atoms with Gasteiger partial charge < -0.3 is 13.9 Å². The second-order valence-corrected chi connectivity index (χ2v) is 7.28. The molecule has 0 aliphatic heterocycles. The summed E-state index contributed by atoms with van der Waals surface area (Å²) < 4.78 is 17.8. The molecular weight excluding hydrogens is 416 g/mol. The molecule has 0 aliphatic carbocycles. The van der Waals surface area contributed by atoms with E-state index in [4.69, 9.17) is 13.9 Å². The van der Waals surface area contributed by atoms with Gasteiger partial charge in [0.05, 0.1) is 25.7 Å². The van der Waals surface area contributed by atoms with Crippen molar-refractivity contribution in [3.63, 3.8) is 0 Å². The topological polar surface area (TPSA) is 92.3 Å². The van der Waals surface area contributed by atoms with E-state index in [2.05, 4.69) is 15.2 Å². The number of thioether (sulfide) groups is 1. The molecule has 0 unspecified atom stereocenters. The molecule has 3 aromatic heterocycles. The highest BCUT2D eigenvalue weighted by atomic mass is 32.2. The number of methoxy groups -OCH3 is 1. The Labute approximate surface area is 183 Å². The number of carbonyl (C=O) groups excluding carboxylic acids is 1. The average molecular weight is 436 g/mol. The zero-order chi connectivity index (χ0) is 21.6. The first kappa shape index (κ1) is 20.7. The quantitative estimate of drug-likeness (QED) is 0.296. The Morgan fingerprint density at radius 3 is 2.58 bits per heavy atom. The number of carbonyl (C=O) groups is 1. The molecule has 158 valence electrons. The van der Waals surface area contributed by atoms with Crippen LogP contribution < -0.4 is 4.74 Å². The maximum Gasteiger partial charge on any atom is 0.341 e. The Morgan fingerprint density at radius 1 is 1.10 bits per heavy atom. The lowest BCUT2D eigenvalue weighted by atomic mass is 10.2. The van der Waals surface area contributed by atoms with E-state index in [9.17, 15) is 4.79 Å². The first-order valence-corrected chi connectivity index (χ1v) is 10.6. The second kappa shape index (κ2) is 9.48. The van der Waals surface area contributed by atoms with Gasteiger partial charge in [-0.1, -0.05) is 11.8 Å². The van der Waals surface area contributed by atoms with Crippen molar-refractivity contribution in [1.29, 1.82) is 0 Å². The summed E-state index contributed by atoms with van der Waals surface area (Å²) in [5, 5.41) is 9.45. The number of hydrogen-bond acceptors (Lipinski definition) is 8. The third-order valence-electron chi connectivity index (χ3n) is 4.48. The molecule has 4 rings (SSSR count). The Balaban J connectivity index is 1.67. The minimum absolute atomic E-state index is 0.303. The number of rotatable bonds is 8. The maximum absolute atomic E-state index is 12.1. The minimum atomic E-state index is -0.402. The molecule has 0 radical (unpaired) electrons. The molecule has 0 spiro atoms. The highest BCUT2D eigenvalue weighted by molar-refractivity contribution is 7.98. The summed E-state index contributed by atoms with van der Waals surface area (Å²) in [6.45, 7) is 2.07. The molecule has 0 atom stereocenters. The number of ether oxygens (including phenoxy) is 2. The maximum atomic E-state index is 12.1. The van der Waals surface area contributed by atoms with Crippen LogP contribution in [-0.2, 0) is 10.5 Å². The molecule has 4 aromatic rings. The van der Waals surface area contributed by atoms with Crippen LogP contribution in [-0.4, -0.2) is 39.4 Å². The van der Waals surface area contributed by atoms with E-state index in [1.807, 2.05) is 41.0 Å². The Hall–Kier alpha value is -3.59. The highest BCUT2D eigenvalue weighted by Gasteiger charge is 2.20. The smallest absolute Gasteiger partial charge is 0.341 e. The van der Waals surface area contributed by atoms with Gasteiger partial charge in [-0.2, -0.15) is 0 Å². The van der Waals surface area contributed by atoms with Gasteiger partial charge in [0.15, 0.2) is 11.0 Å². The number of nitrogens with zero attached hydrogens (tertiary/aromatic N) is 4. The molecule has 0 N–H and O–H groups in total. The van der Waals surface area contributed by atoms with Crippen LogP contribution in [0.2, 0.25) is 0 Å². The molecule has 0 bridgehead atoms. The number of hydrogen-bond donors (Lipinski definition) is 0. The second-order valence-electron chi connectivity index (χ2n) is 6.34. The summed E-state index contributed by atoms with van der Waals surface area (Å²) in [7, 11) is 1.63. The van der Waals surface area contributed by atoms with Crippen molar-refractivity contribution in [3.8, 4) is 22.8 Å². The van der Waals surface area contributed by atoms with Crippen molar-refractivity contribution in [1.82, 2.24) is 19.7 Å². The summed E-state index contributed by atoms with van der Waals surface area (Å²) in [6, 6.07) is 13.0. The number of furan rings is 1. The third-order valence-corrected chi connectivity index (χ3v) is 5.40. The fourth-order valence-corrected chi connectivity index (χ4v) is 3.89. The van der Waals surface area contributed by atoms with Gasteiger partial charge >= 0.3 is 5.97 Å². The predicted molar refractivity (Wildman–Crippen MR) is 115 cm³/mol. The summed E-state index contributed by atoms with van der Waals surface area (Å²) >= 11 is 1.42. The normalized spacial score (nSPS) is 10.8. The zero-order valence-electron chi connectivity index (χ0n) is 17.0. The van der Waals surface area contributed by atoms with Crippen LogP contribution in [0.4, 0.5) is 0 Å². The van der Waals surface area contributed by atoms with Gasteiger partial charge in [0.25, 0.3) is 0 Å². The molecule has 3 heterocycles. The molecule has 0 saturated heterocycles. The van der Waals surface area contributed by atoms with E-state index < -0.39 is 5.97 Å². The van der Waals surface area contributed by atoms with E-state index in [0.29, 0.717) is 34.7 Å². The largest absolute Gasteiger partial charge is 0.497 e. The zero-order valence-corrected chi connectivity index (χ0v) is 17.8. The molecule has 9 heteroatoms. The van der Waals surface area contributed by atoms with E-state index in [1.165, 1.54) is 18.0 Å². The number of aromatic nitrogens is 4. The van der Waals surface area contributed by atoms with Crippen LogP contribution in [0.25, 0.3) is 17.1 Å². The molecular formula is C22H20N4O4S. The van der Waals surface area contributed by atoms with Crippen molar-refractivity contribution in [3.05, 3.63) is 72.4 Å². The highest BCUT2D eigenvalue weighted by Crippen LogP contribution is 2.31. The molecule has 0 amide bonds. The van der Waals surface area contributed by atoms with Crippen LogP contribution in [0.1, 0.15) is 23.0 Å². The lowest BCUT2D eigenvalue weighted by Gasteiger charge is -2.11. The molecule has 0 aliphatic rings. The summed E-state index contributed by atoms with van der Waals surface area (Å²) in [5.41, 5.74) is 2.18. The van der Waals surface area contributed by atoms with Gasteiger partial charge in [0.2, 0.25) is 0 Å².